The Kier molecular flexibility index (Phi) is 6.55. The number of benzene rings is 3. The van der Waals surface area contributed by atoms with Gasteiger partial charge in [-0.1, -0.05) is 91.0 Å². The molecule has 3 aromatic rings. The van der Waals surface area contributed by atoms with Gasteiger partial charge in [0.15, 0.2) is 0 Å². The van der Waals surface area contributed by atoms with Gasteiger partial charge in [0.25, 0.3) is 5.78 Å². The normalized spacial score (nSPS) is 11.6. The number of carbonyl (C=O) groups excluding carboxylic acids is 2. The van der Waals surface area contributed by atoms with Gasteiger partial charge in [-0.05, 0) is 34.4 Å². The monoisotopic (exact) mass is 446 g/mol. The third-order valence-electron chi connectivity index (χ3n) is 4.62. The minimum Gasteiger partial charge on any atom is -0.465 e. The molecule has 0 unspecified atom stereocenters. The Morgan fingerprint density at radius 1 is 0.767 bits per heavy atom. The Bertz CT molecular complexity index is 992. The van der Waals surface area contributed by atoms with Crippen molar-refractivity contribution >= 4 is 51.4 Å². The maximum atomic E-state index is 14.1. The number of hydrogen-bond acceptors (Lipinski definition) is 3. The van der Waals surface area contributed by atoms with Crippen molar-refractivity contribution in [2.75, 3.05) is 7.11 Å². The largest absolute Gasteiger partial charge is 0.465 e. The highest BCUT2D eigenvalue weighted by atomic mass is 35.5. The van der Waals surface area contributed by atoms with E-state index in [0.29, 0.717) is 15.9 Å². The highest BCUT2D eigenvalue weighted by molar-refractivity contribution is 7.97. The summed E-state index contributed by atoms with van der Waals surface area (Å²) in [4.78, 5) is 25.9. The molecule has 0 radical (unpaired) electrons. The van der Waals surface area contributed by atoms with Gasteiger partial charge in [-0.3, -0.25) is 4.79 Å². The minimum absolute atomic E-state index is 0.553. The second kappa shape index (κ2) is 8.95. The summed E-state index contributed by atoms with van der Waals surface area (Å²) in [6.07, 6.45) is 0. The van der Waals surface area contributed by atoms with Crippen LogP contribution in [0.25, 0.3) is 0 Å². The van der Waals surface area contributed by atoms with E-state index < -0.39 is 29.3 Å². The number of ketones is 1. The van der Waals surface area contributed by atoms with E-state index in [-0.39, 0.29) is 0 Å². The van der Waals surface area contributed by atoms with Gasteiger partial charge in [-0.15, -0.1) is 0 Å². The van der Waals surface area contributed by atoms with E-state index in [1.54, 1.807) is 91.0 Å². The van der Waals surface area contributed by atoms with Crippen molar-refractivity contribution in [1.82, 2.24) is 0 Å². The molecule has 7 heteroatoms. The molecule has 3 aromatic carbocycles. The van der Waals surface area contributed by atoms with Gasteiger partial charge in [-0.25, -0.2) is 4.79 Å². The zero-order chi connectivity index (χ0) is 21.8. The van der Waals surface area contributed by atoms with Gasteiger partial charge < -0.3 is 4.74 Å². The molecule has 0 aliphatic rings. The van der Waals surface area contributed by atoms with Crippen molar-refractivity contribution < 1.29 is 23.1 Å². The fraction of sp³-hybridized carbons (Fsp3) is 0.0870. The van der Waals surface area contributed by atoms with Gasteiger partial charge in [0.1, 0.15) is 5.29 Å². The average molecular weight is 447 g/mol. The number of hydrogen-bond donors (Lipinski definition) is 0. The first kappa shape index (κ1) is 21.9. The molecule has 154 valence electrons. The smallest absolute Gasteiger partial charge is 0.385 e. The predicted molar refractivity (Wildman–Crippen MR) is 118 cm³/mol. The first-order chi connectivity index (χ1) is 14.3. The van der Waals surface area contributed by atoms with Crippen molar-refractivity contribution in [3.8, 4) is 0 Å². The summed E-state index contributed by atoms with van der Waals surface area (Å²) >= 11 is 5.15. The van der Waals surface area contributed by atoms with Gasteiger partial charge in [0, 0.05) is 0 Å². The fourth-order valence-electron chi connectivity index (χ4n) is 3.40. The van der Waals surface area contributed by atoms with Crippen LogP contribution in [-0.2, 0) is 14.3 Å². The van der Waals surface area contributed by atoms with Crippen LogP contribution in [0.4, 0.5) is 8.78 Å². The summed E-state index contributed by atoms with van der Waals surface area (Å²) in [5, 5.41) is -3.27. The van der Waals surface area contributed by atoms with E-state index in [1.165, 1.54) is 0 Å². The molecular formula is C23H18ClF2O3P. The average Bonchev–Trinajstić information content (AvgIpc) is 2.77. The maximum absolute atomic E-state index is 14.1. The van der Waals surface area contributed by atoms with Crippen LogP contribution in [0.3, 0.4) is 0 Å². The number of Topliss-reactive ketones (excluding diaryl/α,β-unsaturated/α-hetero) is 1. The first-order valence-corrected chi connectivity index (χ1v) is 11.1. The van der Waals surface area contributed by atoms with E-state index in [9.17, 15) is 18.4 Å². The molecule has 0 aliphatic heterocycles. The summed E-state index contributed by atoms with van der Waals surface area (Å²) in [7, 11) is 1.05. The number of methoxy groups -OCH3 is 1. The highest BCUT2D eigenvalue weighted by Gasteiger charge is 2.47. The topological polar surface area (TPSA) is 43.4 Å². The summed E-state index contributed by atoms with van der Waals surface area (Å²) in [5.41, 5.74) is 0. The van der Waals surface area contributed by atoms with Gasteiger partial charge in [0.05, 0.1) is 7.11 Å². The molecule has 0 fully saturated rings. The zero-order valence-electron chi connectivity index (χ0n) is 16.0. The molecule has 0 aliphatic carbocycles. The van der Waals surface area contributed by atoms with Crippen molar-refractivity contribution in [3.63, 3.8) is 0 Å². The molecule has 0 atom stereocenters. The van der Waals surface area contributed by atoms with Gasteiger partial charge in [-0.2, -0.15) is 8.78 Å². The molecule has 3 rings (SSSR count). The second-order valence-corrected chi connectivity index (χ2v) is 10.2. The Balaban J connectivity index is 2.68. The van der Waals surface area contributed by atoms with Crippen LogP contribution in [0.5, 0.6) is 0 Å². The number of alkyl halides is 3. The Labute approximate surface area is 178 Å². The van der Waals surface area contributed by atoms with Crippen molar-refractivity contribution in [3.05, 3.63) is 91.0 Å². The van der Waals surface area contributed by atoms with Crippen LogP contribution in [0.1, 0.15) is 0 Å². The third kappa shape index (κ3) is 3.96. The summed E-state index contributed by atoms with van der Waals surface area (Å²) < 4.78 is 33.1. The van der Waals surface area contributed by atoms with Crippen LogP contribution < -0.4 is 15.9 Å². The molecule has 0 saturated heterocycles. The van der Waals surface area contributed by atoms with E-state index in [0.717, 1.165) is 7.11 Å². The van der Waals surface area contributed by atoms with Gasteiger partial charge in [0.2, 0.25) is 0 Å². The van der Waals surface area contributed by atoms with E-state index in [2.05, 4.69) is 0 Å². The van der Waals surface area contributed by atoms with Gasteiger partial charge >= 0.3 is 11.4 Å². The third-order valence-corrected chi connectivity index (χ3v) is 9.06. The van der Waals surface area contributed by atoms with Crippen LogP contribution >= 0.6 is 18.5 Å². The van der Waals surface area contributed by atoms with Crippen molar-refractivity contribution in [2.45, 2.75) is 5.38 Å². The highest BCUT2D eigenvalue weighted by Crippen LogP contribution is 2.47. The van der Waals surface area contributed by atoms with E-state index >= 15 is 0 Å². The lowest BCUT2D eigenvalue weighted by Gasteiger charge is -2.31. The molecule has 0 amide bonds. The molecule has 0 aromatic heterocycles. The van der Waals surface area contributed by atoms with Crippen LogP contribution in [0.2, 0.25) is 0 Å². The molecule has 30 heavy (non-hydrogen) atoms. The van der Waals surface area contributed by atoms with Crippen LogP contribution in [0.15, 0.2) is 91.0 Å². The van der Waals surface area contributed by atoms with E-state index in [1.807, 2.05) is 0 Å². The summed E-state index contributed by atoms with van der Waals surface area (Å²) in [5.74, 6) is -2.90. The molecule has 0 N–H and O–H groups in total. The quantitative estimate of drug-likeness (QED) is 0.251. The molecular weight excluding hydrogens is 429 g/mol. The lowest BCUT2D eigenvalue weighted by molar-refractivity contribution is -0.135. The predicted octanol–water partition coefficient (Wildman–Crippen LogP) is 3.73. The molecule has 0 saturated carbocycles. The Hall–Kier alpha value is -2.75. The number of esters is 1. The summed E-state index contributed by atoms with van der Waals surface area (Å²) in [6.45, 7) is -3.36. The minimum atomic E-state index is -4.27. The molecule has 0 heterocycles. The standard InChI is InChI=1S/C23H18ClF2O3P/c1-29-22(28)20(21(27)23(24,25)26)30(17-11-5-2-6-12-17,18-13-7-3-8-14-18)19-15-9-4-10-16-19/h2-16H,1H3. The number of halogens is 3. The fourth-order valence-corrected chi connectivity index (χ4v) is 7.90. The Morgan fingerprint density at radius 3 is 1.37 bits per heavy atom. The lowest BCUT2D eigenvalue weighted by atomic mass is 10.3. The lowest BCUT2D eigenvalue weighted by Crippen LogP contribution is -2.42. The molecule has 0 bridgehead atoms. The first-order valence-electron chi connectivity index (χ1n) is 8.96. The number of carbonyl (C=O) groups is 2. The van der Waals surface area contributed by atoms with Crippen LogP contribution in [0, 0.1) is 0 Å². The number of rotatable bonds is 6. The van der Waals surface area contributed by atoms with Crippen LogP contribution in [-0.4, -0.2) is 29.5 Å². The van der Waals surface area contributed by atoms with Crippen molar-refractivity contribution in [1.29, 1.82) is 0 Å². The molecule has 0 spiro atoms. The summed E-state index contributed by atoms with van der Waals surface area (Å²) in [6, 6.07) is 26.0. The maximum Gasteiger partial charge on any atom is 0.385 e. The van der Waals surface area contributed by atoms with E-state index in [4.69, 9.17) is 16.3 Å². The SMILES string of the molecule is COC(=O)C(C(=O)C(F)(F)Cl)=P(c1ccccc1)(c1ccccc1)c1ccccc1. The zero-order valence-corrected chi connectivity index (χ0v) is 17.6. The Morgan fingerprint density at radius 2 is 1.10 bits per heavy atom. The number of ether oxygens (including phenoxy) is 1. The van der Waals surface area contributed by atoms with Crippen molar-refractivity contribution in [2.24, 2.45) is 0 Å². The molecule has 3 nitrogen and oxygen atoms in total. The second-order valence-electron chi connectivity index (χ2n) is 6.34.